The van der Waals surface area contributed by atoms with Crippen LogP contribution in [-0.4, -0.2) is 23.4 Å². The molecule has 0 spiro atoms. The molecule has 0 aromatic carbocycles. The highest BCUT2D eigenvalue weighted by Gasteiger charge is 2.20. The molecule has 3 heterocycles. The van der Waals surface area contributed by atoms with E-state index >= 15 is 0 Å². The van der Waals surface area contributed by atoms with E-state index in [4.69, 9.17) is 11.6 Å². The van der Waals surface area contributed by atoms with Crippen LogP contribution in [-0.2, 0) is 10.0 Å². The number of aryl methyl sites for hydroxylation is 1. The number of pyridine rings is 2. The van der Waals surface area contributed by atoms with Crippen molar-refractivity contribution >= 4 is 38.3 Å². The highest BCUT2D eigenvalue weighted by atomic mass is 35.5. The average Bonchev–Trinajstić information content (AvgIpc) is 2.87. The molecule has 0 fully saturated rings. The molecule has 108 valence electrons. The minimum Gasteiger partial charge on any atom is -0.345 e. The van der Waals surface area contributed by atoms with Crippen molar-refractivity contribution in [1.29, 1.82) is 0 Å². The molecule has 0 saturated heterocycles. The molecule has 3 aromatic rings. The molecule has 0 aliphatic heterocycles. The first-order chi connectivity index (χ1) is 9.97. The van der Waals surface area contributed by atoms with Gasteiger partial charge in [0.2, 0.25) is 0 Å². The summed E-state index contributed by atoms with van der Waals surface area (Å²) in [6, 6.07) is 4.99. The van der Waals surface area contributed by atoms with Crippen LogP contribution < -0.4 is 4.72 Å². The van der Waals surface area contributed by atoms with Gasteiger partial charge in [-0.2, -0.15) is 0 Å². The maximum Gasteiger partial charge on any atom is 0.264 e. The molecule has 0 amide bonds. The number of nitrogens with zero attached hydrogens (tertiary/aromatic N) is 2. The number of H-pyrrole nitrogens is 1. The average molecular weight is 323 g/mol. The molecule has 0 bridgehead atoms. The third-order valence-corrected chi connectivity index (χ3v) is 4.63. The maximum absolute atomic E-state index is 12.5. The van der Waals surface area contributed by atoms with Gasteiger partial charge in [-0.3, -0.25) is 4.72 Å². The predicted molar refractivity (Wildman–Crippen MR) is 80.9 cm³/mol. The topological polar surface area (TPSA) is 87.7 Å². The third kappa shape index (κ3) is 2.57. The summed E-state index contributed by atoms with van der Waals surface area (Å²) in [4.78, 5) is 10.9. The molecular weight excluding hydrogens is 312 g/mol. The van der Waals surface area contributed by atoms with E-state index in [0.717, 1.165) is 5.56 Å². The van der Waals surface area contributed by atoms with Gasteiger partial charge < -0.3 is 4.98 Å². The first-order valence-electron chi connectivity index (χ1n) is 6.04. The number of sulfonamides is 1. The lowest BCUT2D eigenvalue weighted by Gasteiger charge is -2.09. The van der Waals surface area contributed by atoms with Crippen molar-refractivity contribution in [3.8, 4) is 0 Å². The molecule has 0 atom stereocenters. The van der Waals surface area contributed by atoms with E-state index in [1.807, 2.05) is 0 Å². The lowest BCUT2D eigenvalue weighted by molar-refractivity contribution is 0.602. The highest BCUT2D eigenvalue weighted by Crippen LogP contribution is 2.26. The molecule has 8 heteroatoms. The number of rotatable bonds is 3. The Morgan fingerprint density at radius 1 is 1.33 bits per heavy atom. The second kappa shape index (κ2) is 5.01. The zero-order valence-corrected chi connectivity index (χ0v) is 12.5. The minimum absolute atomic E-state index is 0.0992. The Balaban J connectivity index is 2.07. The second-order valence-electron chi connectivity index (χ2n) is 4.51. The lowest BCUT2D eigenvalue weighted by Crippen LogP contribution is -2.13. The smallest absolute Gasteiger partial charge is 0.264 e. The molecule has 3 rings (SSSR count). The van der Waals surface area contributed by atoms with E-state index in [1.165, 1.54) is 6.20 Å². The van der Waals surface area contributed by atoms with Crippen LogP contribution in [0.5, 0.6) is 0 Å². The maximum atomic E-state index is 12.5. The summed E-state index contributed by atoms with van der Waals surface area (Å²) < 4.78 is 27.4. The summed E-state index contributed by atoms with van der Waals surface area (Å²) in [7, 11) is -3.78. The van der Waals surface area contributed by atoms with Gasteiger partial charge in [-0.05, 0) is 30.7 Å². The normalized spacial score (nSPS) is 11.7. The first-order valence-corrected chi connectivity index (χ1v) is 7.90. The van der Waals surface area contributed by atoms with E-state index in [-0.39, 0.29) is 15.7 Å². The molecule has 0 radical (unpaired) electrons. The Morgan fingerprint density at radius 3 is 2.95 bits per heavy atom. The standard InChI is InChI=1S/C13H11ClN4O2S/c1-8-5-10(12(14)16-6-8)18-21(19,20)11-7-17-13-9(11)3-2-4-15-13/h2-7,18H,1H3,(H,15,17). The Bertz CT molecular complexity index is 921. The van der Waals surface area contributed by atoms with Gasteiger partial charge in [0.15, 0.2) is 5.15 Å². The van der Waals surface area contributed by atoms with Gasteiger partial charge in [-0.15, -0.1) is 0 Å². The molecule has 3 aromatic heterocycles. The SMILES string of the molecule is Cc1cnc(Cl)c(NS(=O)(=O)c2c[nH]c3ncccc23)c1. The zero-order chi connectivity index (χ0) is 15.0. The van der Waals surface area contributed by atoms with Crippen LogP contribution in [0, 0.1) is 6.92 Å². The number of anilines is 1. The largest absolute Gasteiger partial charge is 0.345 e. The van der Waals surface area contributed by atoms with Crippen LogP contribution in [0.4, 0.5) is 5.69 Å². The number of nitrogens with one attached hydrogen (secondary N) is 2. The Morgan fingerprint density at radius 2 is 2.14 bits per heavy atom. The summed E-state index contributed by atoms with van der Waals surface area (Å²) in [6.07, 6.45) is 4.55. The van der Waals surface area contributed by atoms with Crippen LogP contribution in [0.3, 0.4) is 0 Å². The number of hydrogen-bond donors (Lipinski definition) is 2. The molecule has 2 N–H and O–H groups in total. The lowest BCUT2D eigenvalue weighted by atomic mass is 10.3. The summed E-state index contributed by atoms with van der Waals surface area (Å²) in [5, 5.41) is 0.615. The summed E-state index contributed by atoms with van der Waals surface area (Å²) in [6.45, 7) is 1.80. The third-order valence-electron chi connectivity index (χ3n) is 2.92. The van der Waals surface area contributed by atoms with E-state index in [1.54, 1.807) is 37.5 Å². The first kappa shape index (κ1) is 13.8. The number of aromatic amines is 1. The monoisotopic (exact) mass is 322 g/mol. The molecule has 0 saturated carbocycles. The number of aromatic nitrogens is 3. The molecule has 6 nitrogen and oxygen atoms in total. The van der Waals surface area contributed by atoms with E-state index < -0.39 is 10.0 Å². The fraction of sp³-hybridized carbons (Fsp3) is 0.0769. The van der Waals surface area contributed by atoms with E-state index in [0.29, 0.717) is 11.0 Å². The van der Waals surface area contributed by atoms with Crippen LogP contribution in [0.2, 0.25) is 5.15 Å². The Hall–Kier alpha value is -2.12. The van der Waals surface area contributed by atoms with Crippen molar-refractivity contribution in [3.05, 3.63) is 47.5 Å². The van der Waals surface area contributed by atoms with Crippen molar-refractivity contribution in [2.75, 3.05) is 4.72 Å². The quantitative estimate of drug-likeness (QED) is 0.726. The number of fused-ring (bicyclic) bond motifs is 1. The summed E-state index contributed by atoms with van der Waals surface area (Å²) in [5.41, 5.74) is 1.55. The van der Waals surface area contributed by atoms with E-state index in [2.05, 4.69) is 19.7 Å². The van der Waals surface area contributed by atoms with Gasteiger partial charge >= 0.3 is 0 Å². The van der Waals surface area contributed by atoms with Gasteiger partial charge in [-0.1, -0.05) is 11.6 Å². The molecule has 0 unspecified atom stereocenters. The van der Waals surface area contributed by atoms with E-state index in [9.17, 15) is 8.42 Å². The van der Waals surface area contributed by atoms with Crippen LogP contribution in [0.15, 0.2) is 41.7 Å². The molecular formula is C13H11ClN4O2S. The fourth-order valence-corrected chi connectivity index (χ4v) is 3.41. The van der Waals surface area contributed by atoms with Crippen molar-refractivity contribution in [2.24, 2.45) is 0 Å². The highest BCUT2D eigenvalue weighted by molar-refractivity contribution is 7.93. The summed E-state index contributed by atoms with van der Waals surface area (Å²) >= 11 is 5.92. The van der Waals surface area contributed by atoms with Gasteiger partial charge in [0.1, 0.15) is 10.5 Å². The Labute approximate surface area is 126 Å². The van der Waals surface area contributed by atoms with Crippen LogP contribution in [0.25, 0.3) is 11.0 Å². The fourth-order valence-electron chi connectivity index (χ4n) is 1.98. The zero-order valence-electron chi connectivity index (χ0n) is 11.0. The van der Waals surface area contributed by atoms with Crippen LogP contribution in [0.1, 0.15) is 5.56 Å². The van der Waals surface area contributed by atoms with Crippen LogP contribution >= 0.6 is 11.6 Å². The molecule has 21 heavy (non-hydrogen) atoms. The van der Waals surface area contributed by atoms with Gasteiger partial charge in [-0.25, -0.2) is 18.4 Å². The molecule has 0 aliphatic rings. The van der Waals surface area contributed by atoms with Crippen molar-refractivity contribution < 1.29 is 8.42 Å². The second-order valence-corrected chi connectivity index (χ2v) is 6.52. The molecule has 0 aliphatic carbocycles. The summed E-state index contributed by atoms with van der Waals surface area (Å²) in [5.74, 6) is 0. The van der Waals surface area contributed by atoms with Crippen molar-refractivity contribution in [1.82, 2.24) is 15.0 Å². The minimum atomic E-state index is -3.78. The van der Waals surface area contributed by atoms with Crippen molar-refractivity contribution in [2.45, 2.75) is 11.8 Å². The number of hydrogen-bond acceptors (Lipinski definition) is 4. The van der Waals surface area contributed by atoms with Crippen molar-refractivity contribution in [3.63, 3.8) is 0 Å². The van der Waals surface area contributed by atoms with Gasteiger partial charge in [0.05, 0.1) is 5.69 Å². The van der Waals surface area contributed by atoms with Gasteiger partial charge in [0, 0.05) is 24.0 Å². The Kier molecular flexibility index (Phi) is 3.30. The van der Waals surface area contributed by atoms with Gasteiger partial charge in [0.25, 0.3) is 10.0 Å². The predicted octanol–water partition coefficient (Wildman–Crippen LogP) is 2.72. The number of halogens is 1.